The molecule has 0 fully saturated rings. The quantitative estimate of drug-likeness (QED) is 0.781. The lowest BCUT2D eigenvalue weighted by molar-refractivity contribution is -0.140. The van der Waals surface area contributed by atoms with Gasteiger partial charge in [0, 0.05) is 12.2 Å². The molecule has 2 aromatic rings. The van der Waals surface area contributed by atoms with Gasteiger partial charge in [-0.2, -0.15) is 13.2 Å². The Morgan fingerprint density at radius 2 is 1.76 bits per heavy atom. The van der Waals surface area contributed by atoms with Gasteiger partial charge in [-0.25, -0.2) is 4.39 Å². The van der Waals surface area contributed by atoms with Crippen molar-refractivity contribution >= 4 is 5.69 Å². The minimum atomic E-state index is -4.68. The summed E-state index contributed by atoms with van der Waals surface area (Å²) in [7, 11) is 0. The zero-order chi connectivity index (χ0) is 15.5. The summed E-state index contributed by atoms with van der Waals surface area (Å²) in [6.45, 7) is 2.23. The van der Waals surface area contributed by atoms with Crippen molar-refractivity contribution < 1.29 is 17.6 Å². The number of aryl methyl sites for hydroxylation is 1. The molecule has 0 aliphatic carbocycles. The molecule has 0 amide bonds. The molecule has 0 atom stereocenters. The maximum atomic E-state index is 13.2. The highest BCUT2D eigenvalue weighted by atomic mass is 19.4. The first-order chi connectivity index (χ1) is 9.90. The fourth-order valence-corrected chi connectivity index (χ4v) is 2.00. The van der Waals surface area contributed by atoms with Crippen molar-refractivity contribution in [1.29, 1.82) is 0 Å². The number of rotatable bonds is 4. The lowest BCUT2D eigenvalue weighted by Crippen LogP contribution is -2.10. The Kier molecular flexibility index (Phi) is 4.50. The molecule has 0 aliphatic rings. The molecule has 0 aromatic heterocycles. The number of anilines is 1. The highest BCUT2D eigenvalue weighted by Crippen LogP contribution is 2.32. The van der Waals surface area contributed by atoms with Crippen molar-refractivity contribution in [3.05, 3.63) is 65.0 Å². The number of hydrogen-bond acceptors (Lipinski definition) is 1. The van der Waals surface area contributed by atoms with Gasteiger partial charge >= 0.3 is 6.18 Å². The molecule has 2 rings (SSSR count). The largest absolute Gasteiger partial charge is 0.419 e. The first kappa shape index (κ1) is 15.4. The van der Waals surface area contributed by atoms with Gasteiger partial charge in [0.05, 0.1) is 5.56 Å². The monoisotopic (exact) mass is 297 g/mol. The van der Waals surface area contributed by atoms with Crippen LogP contribution in [0.25, 0.3) is 0 Å². The van der Waals surface area contributed by atoms with Crippen LogP contribution in [0.15, 0.2) is 42.5 Å². The van der Waals surface area contributed by atoms with Crippen LogP contribution in [0.3, 0.4) is 0 Å². The zero-order valence-electron chi connectivity index (χ0n) is 11.5. The molecule has 1 N–H and O–H groups in total. The lowest BCUT2D eigenvalue weighted by atomic mass is 10.1. The van der Waals surface area contributed by atoms with E-state index in [9.17, 15) is 17.6 Å². The van der Waals surface area contributed by atoms with Crippen LogP contribution in [0.4, 0.5) is 23.2 Å². The van der Waals surface area contributed by atoms with Gasteiger partial charge in [-0.3, -0.25) is 0 Å². The average molecular weight is 297 g/mol. The van der Waals surface area contributed by atoms with E-state index in [2.05, 4.69) is 5.32 Å². The van der Waals surface area contributed by atoms with E-state index in [1.807, 2.05) is 31.2 Å². The van der Waals surface area contributed by atoms with Gasteiger partial charge in [0.15, 0.2) is 0 Å². The highest BCUT2D eigenvalue weighted by molar-refractivity contribution is 5.46. The van der Waals surface area contributed by atoms with Crippen LogP contribution < -0.4 is 5.32 Å². The second-order valence-corrected chi connectivity index (χ2v) is 4.72. The van der Waals surface area contributed by atoms with Gasteiger partial charge < -0.3 is 5.32 Å². The second-order valence-electron chi connectivity index (χ2n) is 4.72. The van der Waals surface area contributed by atoms with E-state index in [1.54, 1.807) is 0 Å². The van der Waals surface area contributed by atoms with E-state index in [1.165, 1.54) is 6.07 Å². The summed E-state index contributed by atoms with van der Waals surface area (Å²) in [4.78, 5) is 0. The Bertz CT molecular complexity index is 620. The molecule has 21 heavy (non-hydrogen) atoms. The van der Waals surface area contributed by atoms with Crippen LogP contribution >= 0.6 is 0 Å². The Balaban J connectivity index is 2.13. The van der Waals surface area contributed by atoms with Crippen LogP contribution in [0, 0.1) is 5.82 Å². The molecule has 0 radical (unpaired) electrons. The normalized spacial score (nSPS) is 11.5. The van der Waals surface area contributed by atoms with Crippen LogP contribution in [0.2, 0.25) is 0 Å². The number of nitrogens with one attached hydrogen (secondary N) is 1. The minimum Gasteiger partial charge on any atom is -0.381 e. The van der Waals surface area contributed by atoms with Gasteiger partial charge in [0.25, 0.3) is 0 Å². The Hall–Kier alpha value is -2.04. The Morgan fingerprint density at radius 3 is 2.43 bits per heavy atom. The predicted molar refractivity (Wildman–Crippen MR) is 74.5 cm³/mol. The predicted octanol–water partition coefficient (Wildman–Crippen LogP) is 5.02. The summed E-state index contributed by atoms with van der Waals surface area (Å²) in [6.07, 6.45) is -3.80. The van der Waals surface area contributed by atoms with E-state index in [0.717, 1.165) is 29.8 Å². The van der Waals surface area contributed by atoms with Crippen molar-refractivity contribution in [2.45, 2.75) is 26.1 Å². The van der Waals surface area contributed by atoms with Crippen LogP contribution in [0.1, 0.15) is 23.6 Å². The standard InChI is InChI=1S/C16H15F4N/c1-2-11-4-3-5-13(8-11)21-10-12-6-7-15(17)14(9-12)16(18,19)20/h3-9,21H,2,10H2,1H3. The second kappa shape index (κ2) is 6.16. The maximum absolute atomic E-state index is 13.2. The topological polar surface area (TPSA) is 12.0 Å². The third-order valence-electron chi connectivity index (χ3n) is 3.17. The van der Waals surface area contributed by atoms with E-state index in [0.29, 0.717) is 5.56 Å². The number of hydrogen-bond donors (Lipinski definition) is 1. The summed E-state index contributed by atoms with van der Waals surface area (Å²) in [5.74, 6) is -1.25. The molecule has 0 saturated carbocycles. The fourth-order valence-electron chi connectivity index (χ4n) is 2.00. The van der Waals surface area contributed by atoms with Gasteiger partial charge in [-0.05, 0) is 41.8 Å². The lowest BCUT2D eigenvalue weighted by Gasteiger charge is -2.12. The number of benzene rings is 2. The molecule has 0 heterocycles. The van der Waals surface area contributed by atoms with Crippen molar-refractivity contribution in [1.82, 2.24) is 0 Å². The van der Waals surface area contributed by atoms with E-state index in [-0.39, 0.29) is 6.54 Å². The van der Waals surface area contributed by atoms with Crippen molar-refractivity contribution in [2.24, 2.45) is 0 Å². The molecule has 0 bridgehead atoms. The van der Waals surface area contributed by atoms with Gasteiger partial charge in [-0.1, -0.05) is 25.1 Å². The first-order valence-corrected chi connectivity index (χ1v) is 6.58. The molecule has 0 aliphatic heterocycles. The molecular formula is C16H15F4N. The number of alkyl halides is 3. The number of halogens is 4. The van der Waals surface area contributed by atoms with Crippen LogP contribution in [0.5, 0.6) is 0 Å². The van der Waals surface area contributed by atoms with Crippen molar-refractivity contribution in [2.75, 3.05) is 5.32 Å². The van der Waals surface area contributed by atoms with Crippen LogP contribution in [-0.2, 0) is 19.1 Å². The third kappa shape index (κ3) is 3.97. The van der Waals surface area contributed by atoms with Crippen molar-refractivity contribution in [3.63, 3.8) is 0 Å². The summed E-state index contributed by atoms with van der Waals surface area (Å²) >= 11 is 0. The molecule has 1 nitrogen and oxygen atoms in total. The summed E-state index contributed by atoms with van der Waals surface area (Å²) in [5.41, 5.74) is 1.11. The SMILES string of the molecule is CCc1cccc(NCc2ccc(F)c(C(F)(F)F)c2)c1. The maximum Gasteiger partial charge on any atom is 0.419 e. The summed E-state index contributed by atoms with van der Waals surface area (Å²) in [6, 6.07) is 10.7. The van der Waals surface area contributed by atoms with Crippen molar-refractivity contribution in [3.8, 4) is 0 Å². The first-order valence-electron chi connectivity index (χ1n) is 6.58. The molecule has 2 aromatic carbocycles. The van der Waals surface area contributed by atoms with Crippen LogP contribution in [-0.4, -0.2) is 0 Å². The Labute approximate surface area is 120 Å². The van der Waals surface area contributed by atoms with E-state index < -0.39 is 17.6 Å². The average Bonchev–Trinajstić information content (AvgIpc) is 2.45. The molecule has 5 heteroatoms. The summed E-state index contributed by atoms with van der Waals surface area (Å²) in [5, 5.41) is 3.04. The molecular weight excluding hydrogens is 282 g/mol. The zero-order valence-corrected chi connectivity index (χ0v) is 11.5. The minimum absolute atomic E-state index is 0.205. The summed E-state index contributed by atoms with van der Waals surface area (Å²) < 4.78 is 51.1. The molecule has 0 spiro atoms. The van der Waals surface area contributed by atoms with E-state index >= 15 is 0 Å². The fraction of sp³-hybridized carbons (Fsp3) is 0.250. The molecule has 112 valence electrons. The third-order valence-corrected chi connectivity index (χ3v) is 3.17. The van der Waals surface area contributed by atoms with Gasteiger partial charge in [-0.15, -0.1) is 0 Å². The van der Waals surface area contributed by atoms with Gasteiger partial charge in [0.2, 0.25) is 0 Å². The Morgan fingerprint density at radius 1 is 1.00 bits per heavy atom. The van der Waals surface area contributed by atoms with E-state index in [4.69, 9.17) is 0 Å². The highest BCUT2D eigenvalue weighted by Gasteiger charge is 2.34. The molecule has 0 saturated heterocycles. The molecule has 0 unspecified atom stereocenters. The smallest absolute Gasteiger partial charge is 0.381 e. The van der Waals surface area contributed by atoms with Gasteiger partial charge in [0.1, 0.15) is 5.82 Å².